The number of hydrogen-bond donors (Lipinski definition) is 2. The van der Waals surface area contributed by atoms with Crippen molar-refractivity contribution in [3.63, 3.8) is 0 Å². The summed E-state index contributed by atoms with van der Waals surface area (Å²) >= 11 is 0. The molecule has 1 atom stereocenters. The van der Waals surface area contributed by atoms with E-state index in [0.717, 1.165) is 32.2 Å². The molecule has 3 nitrogen and oxygen atoms in total. The third-order valence-electron chi connectivity index (χ3n) is 4.03. The molecule has 1 saturated carbocycles. The molecule has 2 N–H and O–H groups in total. The van der Waals surface area contributed by atoms with Gasteiger partial charge in [0.2, 0.25) is 5.91 Å². The molecule has 0 spiro atoms. The van der Waals surface area contributed by atoms with Gasteiger partial charge >= 0.3 is 0 Å². The van der Waals surface area contributed by atoms with Crippen molar-refractivity contribution in [1.82, 2.24) is 10.6 Å². The lowest BCUT2D eigenvalue weighted by atomic mass is 10.1. The third kappa shape index (κ3) is 4.97. The average Bonchev–Trinajstić information content (AvgIpc) is 2.97. The Balaban J connectivity index is 1.59. The Morgan fingerprint density at radius 1 is 1.25 bits per heavy atom. The van der Waals surface area contributed by atoms with E-state index in [4.69, 9.17) is 0 Å². The van der Waals surface area contributed by atoms with Crippen LogP contribution >= 0.6 is 0 Å². The van der Waals surface area contributed by atoms with Gasteiger partial charge in [0, 0.05) is 6.04 Å². The number of carbonyl (C=O) groups excluding carboxylic acids is 1. The third-order valence-corrected chi connectivity index (χ3v) is 4.03. The van der Waals surface area contributed by atoms with Crippen LogP contribution < -0.4 is 10.6 Å². The summed E-state index contributed by atoms with van der Waals surface area (Å²) in [7, 11) is 0. The molecule has 1 aromatic rings. The number of carbonyl (C=O) groups is 1. The van der Waals surface area contributed by atoms with Gasteiger partial charge in [-0.15, -0.1) is 0 Å². The summed E-state index contributed by atoms with van der Waals surface area (Å²) in [6.07, 6.45) is 6.92. The first kappa shape index (κ1) is 15.0. The fraction of sp³-hybridized carbons (Fsp3) is 0.588. The van der Waals surface area contributed by atoms with Crippen LogP contribution in [-0.4, -0.2) is 24.5 Å². The molecule has 110 valence electrons. The van der Waals surface area contributed by atoms with Crippen LogP contribution in [-0.2, 0) is 11.2 Å². The van der Waals surface area contributed by atoms with Crippen molar-refractivity contribution in [3.8, 4) is 0 Å². The van der Waals surface area contributed by atoms with Gasteiger partial charge < -0.3 is 10.6 Å². The second-order valence-corrected chi connectivity index (χ2v) is 5.75. The Hall–Kier alpha value is -1.35. The minimum absolute atomic E-state index is 0.0913. The number of benzene rings is 1. The summed E-state index contributed by atoms with van der Waals surface area (Å²) in [5.74, 6) is 0.150. The zero-order valence-corrected chi connectivity index (χ0v) is 12.4. The molecule has 0 bridgehead atoms. The van der Waals surface area contributed by atoms with E-state index in [0.29, 0.717) is 6.04 Å². The molecule has 1 amide bonds. The molecule has 1 aromatic carbocycles. The van der Waals surface area contributed by atoms with Crippen LogP contribution in [0.3, 0.4) is 0 Å². The van der Waals surface area contributed by atoms with Crippen molar-refractivity contribution in [1.29, 1.82) is 0 Å². The number of amides is 1. The van der Waals surface area contributed by atoms with Gasteiger partial charge in [-0.05, 0) is 44.7 Å². The first-order chi connectivity index (χ1) is 9.75. The molecule has 1 unspecified atom stereocenters. The minimum atomic E-state index is -0.0913. The van der Waals surface area contributed by atoms with Gasteiger partial charge in [-0.3, -0.25) is 4.79 Å². The Morgan fingerprint density at radius 3 is 2.65 bits per heavy atom. The van der Waals surface area contributed by atoms with Crippen molar-refractivity contribution >= 4 is 5.91 Å². The number of nitrogens with one attached hydrogen (secondary N) is 2. The highest BCUT2D eigenvalue weighted by atomic mass is 16.2. The molecular weight excluding hydrogens is 248 g/mol. The number of hydrogen-bond acceptors (Lipinski definition) is 2. The topological polar surface area (TPSA) is 41.1 Å². The molecule has 0 saturated heterocycles. The zero-order valence-electron chi connectivity index (χ0n) is 12.4. The Morgan fingerprint density at radius 2 is 1.95 bits per heavy atom. The lowest BCUT2D eigenvalue weighted by Gasteiger charge is -2.17. The predicted molar refractivity (Wildman–Crippen MR) is 82.6 cm³/mol. The second kappa shape index (κ2) is 8.05. The molecule has 2 rings (SSSR count). The molecule has 3 heteroatoms. The largest absolute Gasteiger partial charge is 0.352 e. The highest BCUT2D eigenvalue weighted by Crippen LogP contribution is 2.17. The van der Waals surface area contributed by atoms with Crippen molar-refractivity contribution < 1.29 is 4.79 Å². The van der Waals surface area contributed by atoms with Gasteiger partial charge in [0.05, 0.1) is 6.04 Å². The van der Waals surface area contributed by atoms with E-state index < -0.39 is 0 Å². The maximum absolute atomic E-state index is 12.0. The van der Waals surface area contributed by atoms with Crippen LogP contribution in [0.1, 0.15) is 44.6 Å². The average molecular weight is 274 g/mol. The quantitative estimate of drug-likeness (QED) is 0.751. The fourth-order valence-corrected chi connectivity index (χ4v) is 2.74. The molecule has 1 aliphatic carbocycles. The van der Waals surface area contributed by atoms with Gasteiger partial charge in [0.1, 0.15) is 0 Å². The van der Waals surface area contributed by atoms with Crippen LogP contribution in [0.4, 0.5) is 0 Å². The predicted octanol–water partition coefficient (Wildman–Crippen LogP) is 2.66. The normalized spacial score (nSPS) is 17.1. The summed E-state index contributed by atoms with van der Waals surface area (Å²) in [5, 5.41) is 6.45. The number of rotatable bonds is 7. The van der Waals surface area contributed by atoms with Gasteiger partial charge in [-0.1, -0.05) is 43.2 Å². The van der Waals surface area contributed by atoms with Gasteiger partial charge in [0.15, 0.2) is 0 Å². The smallest absolute Gasteiger partial charge is 0.237 e. The molecule has 0 radical (unpaired) electrons. The first-order valence-electron chi connectivity index (χ1n) is 7.83. The first-order valence-corrected chi connectivity index (χ1v) is 7.83. The summed E-state index contributed by atoms with van der Waals surface area (Å²) in [6, 6.07) is 10.8. The summed E-state index contributed by atoms with van der Waals surface area (Å²) in [4.78, 5) is 12.0. The lowest BCUT2D eigenvalue weighted by molar-refractivity contribution is -0.123. The van der Waals surface area contributed by atoms with Crippen LogP contribution in [0.2, 0.25) is 0 Å². The Kier molecular flexibility index (Phi) is 6.06. The van der Waals surface area contributed by atoms with Crippen molar-refractivity contribution in [2.24, 2.45) is 0 Å². The molecular formula is C17H26N2O. The van der Waals surface area contributed by atoms with E-state index in [1.807, 2.05) is 13.0 Å². The van der Waals surface area contributed by atoms with Crippen LogP contribution in [0.5, 0.6) is 0 Å². The monoisotopic (exact) mass is 274 g/mol. The summed E-state index contributed by atoms with van der Waals surface area (Å²) in [6.45, 7) is 2.83. The maximum atomic E-state index is 12.0. The Labute approximate surface area is 122 Å². The van der Waals surface area contributed by atoms with Crippen molar-refractivity contribution in [3.05, 3.63) is 35.9 Å². The van der Waals surface area contributed by atoms with E-state index >= 15 is 0 Å². The SMILES string of the molecule is CC(NCCCc1ccccc1)C(=O)NC1CCCC1. The van der Waals surface area contributed by atoms with Gasteiger partial charge in [-0.25, -0.2) is 0 Å². The molecule has 0 aliphatic heterocycles. The van der Waals surface area contributed by atoms with Gasteiger partial charge in [0.25, 0.3) is 0 Å². The van der Waals surface area contributed by atoms with Crippen LogP contribution in [0.25, 0.3) is 0 Å². The van der Waals surface area contributed by atoms with E-state index in [1.54, 1.807) is 0 Å². The van der Waals surface area contributed by atoms with Gasteiger partial charge in [-0.2, -0.15) is 0 Å². The van der Waals surface area contributed by atoms with Crippen LogP contribution in [0.15, 0.2) is 30.3 Å². The molecule has 0 aromatic heterocycles. The fourth-order valence-electron chi connectivity index (χ4n) is 2.74. The molecule has 20 heavy (non-hydrogen) atoms. The molecule has 1 fully saturated rings. The van der Waals surface area contributed by atoms with Crippen molar-refractivity contribution in [2.45, 2.75) is 57.5 Å². The zero-order chi connectivity index (χ0) is 14.2. The van der Waals surface area contributed by atoms with Crippen molar-refractivity contribution in [2.75, 3.05) is 6.54 Å². The highest BCUT2D eigenvalue weighted by molar-refractivity contribution is 5.81. The van der Waals surface area contributed by atoms with Crippen LogP contribution in [0, 0.1) is 0 Å². The van der Waals surface area contributed by atoms with E-state index in [9.17, 15) is 4.79 Å². The summed E-state index contributed by atoms with van der Waals surface area (Å²) < 4.78 is 0. The van der Waals surface area contributed by atoms with E-state index in [2.05, 4.69) is 34.9 Å². The maximum Gasteiger partial charge on any atom is 0.237 e. The Bertz CT molecular complexity index is 399. The lowest BCUT2D eigenvalue weighted by Crippen LogP contribution is -2.45. The van der Waals surface area contributed by atoms with E-state index in [-0.39, 0.29) is 11.9 Å². The summed E-state index contributed by atoms with van der Waals surface area (Å²) in [5.41, 5.74) is 1.36. The molecule has 1 aliphatic rings. The standard InChI is InChI=1S/C17H26N2O/c1-14(17(20)19-16-11-5-6-12-16)18-13-7-10-15-8-3-2-4-9-15/h2-4,8-9,14,16,18H,5-7,10-13H2,1H3,(H,19,20). The second-order valence-electron chi connectivity index (χ2n) is 5.75. The number of aryl methyl sites for hydroxylation is 1. The van der Waals surface area contributed by atoms with E-state index in [1.165, 1.54) is 18.4 Å². The minimum Gasteiger partial charge on any atom is -0.352 e. The molecule has 0 heterocycles. The highest BCUT2D eigenvalue weighted by Gasteiger charge is 2.19.